The van der Waals surface area contributed by atoms with Crippen molar-refractivity contribution < 1.29 is 4.79 Å². The minimum absolute atomic E-state index is 0.107. The van der Waals surface area contributed by atoms with Gasteiger partial charge < -0.3 is 11.1 Å². The van der Waals surface area contributed by atoms with Crippen molar-refractivity contribution in [2.75, 3.05) is 0 Å². The highest BCUT2D eigenvalue weighted by molar-refractivity contribution is 5.81. The Morgan fingerprint density at radius 2 is 2.29 bits per heavy atom. The number of hydrogen-bond donors (Lipinski definition) is 2. The molecule has 2 unspecified atom stereocenters. The van der Waals surface area contributed by atoms with Crippen molar-refractivity contribution in [3.8, 4) is 0 Å². The van der Waals surface area contributed by atoms with Gasteiger partial charge in [0.1, 0.15) is 0 Å². The predicted molar refractivity (Wildman–Crippen MR) is 68.3 cm³/mol. The molecule has 1 aromatic rings. The minimum Gasteiger partial charge on any atom is -0.349 e. The molecule has 3 N–H and O–H groups in total. The zero-order valence-corrected chi connectivity index (χ0v) is 10.7. The van der Waals surface area contributed by atoms with Gasteiger partial charge in [-0.3, -0.25) is 9.78 Å². The standard InChI is InChI=1S/C13H21N3O/c1-4-9(2)12(14)13(17)16-8-11-10(3)6-5-7-15-11/h5-7,9,12H,4,8,14H2,1-3H3,(H,16,17). The van der Waals surface area contributed by atoms with E-state index in [0.717, 1.165) is 17.7 Å². The zero-order chi connectivity index (χ0) is 12.8. The number of pyridine rings is 1. The lowest BCUT2D eigenvalue weighted by molar-refractivity contribution is -0.123. The van der Waals surface area contributed by atoms with Gasteiger partial charge in [0.2, 0.25) is 5.91 Å². The van der Waals surface area contributed by atoms with Gasteiger partial charge in [-0.1, -0.05) is 26.3 Å². The highest BCUT2D eigenvalue weighted by Gasteiger charge is 2.19. The maximum Gasteiger partial charge on any atom is 0.237 e. The maximum absolute atomic E-state index is 11.8. The Labute approximate surface area is 103 Å². The quantitative estimate of drug-likeness (QED) is 0.810. The average Bonchev–Trinajstić information content (AvgIpc) is 2.35. The van der Waals surface area contributed by atoms with E-state index in [-0.39, 0.29) is 11.8 Å². The Hall–Kier alpha value is -1.42. The van der Waals surface area contributed by atoms with Gasteiger partial charge >= 0.3 is 0 Å². The molecular weight excluding hydrogens is 214 g/mol. The number of hydrogen-bond acceptors (Lipinski definition) is 3. The SMILES string of the molecule is CCC(C)C(N)C(=O)NCc1ncccc1C. The molecule has 0 saturated heterocycles. The second-order valence-corrected chi connectivity index (χ2v) is 4.40. The second-order valence-electron chi connectivity index (χ2n) is 4.40. The Bertz CT molecular complexity index is 379. The molecule has 0 saturated carbocycles. The number of nitrogens with two attached hydrogens (primary N) is 1. The molecule has 4 nitrogen and oxygen atoms in total. The first-order valence-corrected chi connectivity index (χ1v) is 6.00. The molecule has 0 fully saturated rings. The van der Waals surface area contributed by atoms with Crippen LogP contribution in [0, 0.1) is 12.8 Å². The smallest absolute Gasteiger partial charge is 0.237 e. The monoisotopic (exact) mass is 235 g/mol. The number of aromatic nitrogens is 1. The van der Waals surface area contributed by atoms with E-state index < -0.39 is 6.04 Å². The summed E-state index contributed by atoms with van der Waals surface area (Å²) in [5.74, 6) is 0.0873. The number of aryl methyl sites for hydroxylation is 1. The van der Waals surface area contributed by atoms with Gasteiger partial charge in [0.25, 0.3) is 0 Å². The molecule has 0 radical (unpaired) electrons. The summed E-state index contributed by atoms with van der Waals surface area (Å²) in [5, 5.41) is 2.83. The fraction of sp³-hybridized carbons (Fsp3) is 0.538. The van der Waals surface area contributed by atoms with Crippen molar-refractivity contribution in [2.24, 2.45) is 11.7 Å². The van der Waals surface area contributed by atoms with Crippen LogP contribution in [-0.2, 0) is 11.3 Å². The molecule has 0 aliphatic rings. The second kappa shape index (κ2) is 6.35. The Kier molecular flexibility index (Phi) is 5.10. The fourth-order valence-electron chi connectivity index (χ4n) is 1.50. The number of carbonyl (C=O) groups excluding carboxylic acids is 1. The van der Waals surface area contributed by atoms with Crippen molar-refractivity contribution in [3.05, 3.63) is 29.6 Å². The number of nitrogens with zero attached hydrogens (tertiary/aromatic N) is 1. The van der Waals surface area contributed by atoms with Crippen LogP contribution in [0.15, 0.2) is 18.3 Å². The predicted octanol–water partition coefficient (Wildman–Crippen LogP) is 1.38. The van der Waals surface area contributed by atoms with Crippen molar-refractivity contribution in [1.82, 2.24) is 10.3 Å². The van der Waals surface area contributed by atoms with Gasteiger partial charge in [0.15, 0.2) is 0 Å². The third kappa shape index (κ3) is 3.82. The molecule has 0 aliphatic carbocycles. The van der Waals surface area contributed by atoms with Crippen LogP contribution in [0.25, 0.3) is 0 Å². The number of nitrogens with one attached hydrogen (secondary N) is 1. The molecule has 2 atom stereocenters. The van der Waals surface area contributed by atoms with Crippen LogP contribution in [0.5, 0.6) is 0 Å². The van der Waals surface area contributed by atoms with E-state index >= 15 is 0 Å². The number of rotatable bonds is 5. The molecule has 0 aliphatic heterocycles. The Balaban J connectivity index is 2.51. The van der Waals surface area contributed by atoms with Gasteiger partial charge in [0.05, 0.1) is 18.3 Å². The summed E-state index contributed by atoms with van der Waals surface area (Å²) >= 11 is 0. The van der Waals surface area contributed by atoms with Crippen molar-refractivity contribution >= 4 is 5.91 Å². The van der Waals surface area contributed by atoms with E-state index in [1.165, 1.54) is 0 Å². The van der Waals surface area contributed by atoms with Crippen molar-refractivity contribution in [3.63, 3.8) is 0 Å². The third-order valence-electron chi connectivity index (χ3n) is 3.11. The van der Waals surface area contributed by atoms with Gasteiger partial charge in [-0.05, 0) is 24.5 Å². The molecule has 1 heterocycles. The molecule has 0 aromatic carbocycles. The summed E-state index contributed by atoms with van der Waals surface area (Å²) < 4.78 is 0. The van der Waals surface area contributed by atoms with Crippen LogP contribution >= 0.6 is 0 Å². The van der Waals surface area contributed by atoms with E-state index in [9.17, 15) is 4.79 Å². The lowest BCUT2D eigenvalue weighted by atomic mass is 9.99. The summed E-state index contributed by atoms with van der Waals surface area (Å²) in [5.41, 5.74) is 7.80. The van der Waals surface area contributed by atoms with Crippen LogP contribution in [0.4, 0.5) is 0 Å². The minimum atomic E-state index is -0.441. The average molecular weight is 235 g/mol. The van der Waals surface area contributed by atoms with Crippen LogP contribution < -0.4 is 11.1 Å². The summed E-state index contributed by atoms with van der Waals surface area (Å²) in [7, 11) is 0. The highest BCUT2D eigenvalue weighted by atomic mass is 16.2. The topological polar surface area (TPSA) is 68.0 Å². The molecule has 94 valence electrons. The van der Waals surface area contributed by atoms with E-state index in [2.05, 4.69) is 10.3 Å². The van der Waals surface area contributed by atoms with Crippen LogP contribution in [0.3, 0.4) is 0 Å². The normalized spacial score (nSPS) is 14.1. The van der Waals surface area contributed by atoms with E-state index in [0.29, 0.717) is 6.54 Å². The Morgan fingerprint density at radius 1 is 1.59 bits per heavy atom. The van der Waals surface area contributed by atoms with Gasteiger partial charge in [-0.25, -0.2) is 0 Å². The first-order chi connectivity index (χ1) is 8.06. The molecule has 4 heteroatoms. The van der Waals surface area contributed by atoms with Crippen LogP contribution in [0.1, 0.15) is 31.5 Å². The fourth-order valence-corrected chi connectivity index (χ4v) is 1.50. The summed E-state index contributed by atoms with van der Waals surface area (Å²) in [6.45, 7) is 6.43. The van der Waals surface area contributed by atoms with Crippen LogP contribution in [0.2, 0.25) is 0 Å². The molecule has 1 rings (SSSR count). The number of amides is 1. The molecular formula is C13H21N3O. The highest BCUT2D eigenvalue weighted by Crippen LogP contribution is 2.06. The summed E-state index contributed by atoms with van der Waals surface area (Å²) in [4.78, 5) is 16.0. The van der Waals surface area contributed by atoms with Crippen molar-refractivity contribution in [2.45, 2.75) is 39.8 Å². The maximum atomic E-state index is 11.8. The summed E-state index contributed by atoms with van der Waals surface area (Å²) in [6.07, 6.45) is 2.63. The van der Waals surface area contributed by atoms with E-state index in [4.69, 9.17) is 5.73 Å². The molecule has 1 aromatic heterocycles. The molecule has 1 amide bonds. The Morgan fingerprint density at radius 3 is 2.88 bits per heavy atom. The van der Waals surface area contributed by atoms with Crippen molar-refractivity contribution in [1.29, 1.82) is 0 Å². The zero-order valence-electron chi connectivity index (χ0n) is 10.7. The molecule has 0 spiro atoms. The van der Waals surface area contributed by atoms with E-state index in [1.807, 2.05) is 32.9 Å². The molecule has 17 heavy (non-hydrogen) atoms. The van der Waals surface area contributed by atoms with E-state index in [1.54, 1.807) is 6.20 Å². The lowest BCUT2D eigenvalue weighted by Crippen LogP contribution is -2.44. The first-order valence-electron chi connectivity index (χ1n) is 6.00. The van der Waals surface area contributed by atoms with Gasteiger partial charge in [-0.2, -0.15) is 0 Å². The largest absolute Gasteiger partial charge is 0.349 e. The summed E-state index contributed by atoms with van der Waals surface area (Å²) in [6, 6.07) is 3.42. The van der Waals surface area contributed by atoms with Gasteiger partial charge in [-0.15, -0.1) is 0 Å². The van der Waals surface area contributed by atoms with Gasteiger partial charge in [0, 0.05) is 6.20 Å². The first kappa shape index (κ1) is 13.6. The molecule has 0 bridgehead atoms. The van der Waals surface area contributed by atoms with Crippen LogP contribution in [-0.4, -0.2) is 16.9 Å². The lowest BCUT2D eigenvalue weighted by Gasteiger charge is -2.17. The third-order valence-corrected chi connectivity index (χ3v) is 3.11. The number of carbonyl (C=O) groups is 1.